The molecule has 0 aliphatic rings. The standard InChI is InChI=1S/C42H53N7O6.C21H32N4O5.2C20H22N4O2.ClH/c1-42(2,3)55-37(51)25-30(22-28-15-8-5-9-16-28)40(54)48-34(19-12-20-46-41(44)45)36(50)24-29(21-27-13-6-4-7-14-27)39(53)49-35(38(43)52)23-31-26-47-33-18-11-10-17-32(31)33;1-21(2,3)30-17(26)13-15(12-14-8-5-4-6-9-14)18(27)25-16(19(28)29)10-7-11-24-20(22)23;2*21-16(10-13-6-2-1-3-7-13)20(26)24-18(19(22)25)11-14-12-23-17-9-5-4-8-15(14)17;/h4-11,13-18,26,29-30,34-35,47H,12,19-25H2,1-3H3,(H2,43,52)(H,48,54)(H,49,53)(H4,44,45,46);4-6,8-9,15-16H,7,10-13H2,1-3H3,(H,25,27)(H,28,29)(H4,22,23,24);2*1-9,12,16,18,23H,10-11,21H2,(H2,22,25)(H,24,26);1H/t29-,30-,34-,35+;15-,16-;2*16-,18-;/m1100./s1. The van der Waals surface area contributed by atoms with E-state index in [1.165, 1.54) is 0 Å². The Kier molecular flexibility index (Phi) is 43.9. The number of carbonyl (C=O) groups is 12. The number of para-hydroxylation sites is 3. The van der Waals surface area contributed by atoms with Crippen LogP contribution in [0.3, 0.4) is 0 Å². The van der Waals surface area contributed by atoms with Crippen molar-refractivity contribution in [2.75, 3.05) is 13.1 Å². The number of amides is 8. The Bertz CT molecular complexity index is 5710. The fraction of sp³-hybridized carbons (Fsp3) is 0.340. The molecule has 0 spiro atoms. The van der Waals surface area contributed by atoms with E-state index in [-0.39, 0.29) is 95.2 Å². The SMILES string of the molecule is CC(C)(C)OC(=O)C[C@@H](Cc1ccccc1)C(=O)N[C@H](CCCN=C(N)N)C(=O)C[C@@H](Cc1ccccc1)C(=O)N[C@@H](Cc1c[nH]c2ccccc12)C(N)=O.CC(C)(C)OC(=O)C[C@@H](Cc1ccccc1)C(=O)N[C@H](CCCN=C(N)N)C(=O)O.Cl.NC(=O)[C@H](Cc1c[nH]c2ccccc12)NC(=O)[C@@H](N)Cc1ccccc1.NC(=O)[C@H](Cc1c[nH]c2ccccc12)NC(=O)[C@@H](N)Cc1ccccc1. The lowest BCUT2D eigenvalue weighted by Gasteiger charge is -2.26. The molecule has 11 rings (SSSR count). The summed E-state index contributed by atoms with van der Waals surface area (Å²) in [7, 11) is 0. The first-order chi connectivity index (χ1) is 65.2. The maximum atomic E-state index is 14.3. The van der Waals surface area contributed by atoms with Crippen LogP contribution in [-0.4, -0.2) is 170 Å². The zero-order valence-electron chi connectivity index (χ0n) is 78.5. The molecule has 0 aliphatic heterocycles. The van der Waals surface area contributed by atoms with Crippen LogP contribution in [0.25, 0.3) is 32.7 Å². The van der Waals surface area contributed by atoms with Crippen LogP contribution < -0.4 is 78.2 Å². The van der Waals surface area contributed by atoms with Gasteiger partial charge in [-0.1, -0.05) is 206 Å². The molecule has 35 heteroatoms. The molecule has 11 aromatic rings. The first-order valence-electron chi connectivity index (χ1n) is 45.3. The molecule has 3 aromatic heterocycles. The predicted molar refractivity (Wildman–Crippen MR) is 536 cm³/mol. The van der Waals surface area contributed by atoms with E-state index < -0.39 is 142 Å². The number of aromatic amines is 3. The number of ketones is 1. The Hall–Kier alpha value is -15.0. The van der Waals surface area contributed by atoms with E-state index in [0.29, 0.717) is 38.5 Å². The van der Waals surface area contributed by atoms with Crippen molar-refractivity contribution in [2.24, 2.45) is 79.3 Å². The number of hydrogen-bond acceptors (Lipinski definition) is 18. The van der Waals surface area contributed by atoms with Crippen molar-refractivity contribution in [3.05, 3.63) is 288 Å². The van der Waals surface area contributed by atoms with Crippen molar-refractivity contribution in [3.8, 4) is 0 Å². The number of ether oxygens (including phenoxy) is 2. The number of rotatable bonds is 45. The maximum absolute atomic E-state index is 14.3. The lowest BCUT2D eigenvalue weighted by Crippen LogP contribution is -2.51. The van der Waals surface area contributed by atoms with Crippen molar-refractivity contribution in [1.29, 1.82) is 0 Å². The molecule has 0 fully saturated rings. The highest BCUT2D eigenvalue weighted by Crippen LogP contribution is 2.27. The van der Waals surface area contributed by atoms with Crippen molar-refractivity contribution < 1.29 is 72.1 Å². The first kappa shape index (κ1) is 110. The number of hydrogen-bond donors (Lipinski definition) is 18. The lowest BCUT2D eigenvalue weighted by molar-refractivity contribution is -0.158. The van der Waals surface area contributed by atoms with Crippen molar-refractivity contribution in [1.82, 2.24) is 41.5 Å². The van der Waals surface area contributed by atoms with Gasteiger partial charge in [0.05, 0.1) is 42.8 Å². The Labute approximate surface area is 808 Å². The number of nitrogens with one attached hydrogen (secondary N) is 8. The van der Waals surface area contributed by atoms with Crippen LogP contribution in [0.5, 0.6) is 0 Å². The number of fused-ring (bicyclic) bond motifs is 3. The Morgan fingerprint density at radius 1 is 0.333 bits per heavy atom. The smallest absolute Gasteiger partial charge is 0.326 e. The third-order valence-electron chi connectivity index (χ3n) is 22.0. The van der Waals surface area contributed by atoms with Crippen LogP contribution in [-0.2, 0) is 118 Å². The largest absolute Gasteiger partial charge is 0.480 e. The number of carbonyl (C=O) groups excluding carboxylic acids is 11. The number of halogens is 1. The van der Waals surface area contributed by atoms with Crippen molar-refractivity contribution in [2.45, 2.75) is 191 Å². The highest BCUT2D eigenvalue weighted by molar-refractivity contribution is 5.97. The van der Waals surface area contributed by atoms with E-state index in [1.807, 2.05) is 237 Å². The second-order valence-electron chi connectivity index (χ2n) is 35.4. The summed E-state index contributed by atoms with van der Waals surface area (Å²) >= 11 is 0. The van der Waals surface area contributed by atoms with E-state index in [9.17, 15) is 62.6 Å². The highest BCUT2D eigenvalue weighted by atomic mass is 35.5. The van der Waals surface area contributed by atoms with Crippen LogP contribution in [0.1, 0.15) is 131 Å². The van der Waals surface area contributed by atoms with Gasteiger partial charge in [0.2, 0.25) is 47.3 Å². The summed E-state index contributed by atoms with van der Waals surface area (Å²) in [5.41, 5.74) is 58.8. The van der Waals surface area contributed by atoms with Gasteiger partial charge in [0.1, 0.15) is 35.4 Å². The number of Topliss-reactive ketones (excluding diaryl/α,β-unsaturated/α-hetero) is 1. The molecule has 0 aliphatic carbocycles. The van der Waals surface area contributed by atoms with Crippen LogP contribution in [0, 0.1) is 17.8 Å². The lowest BCUT2D eigenvalue weighted by atomic mass is 9.89. The summed E-state index contributed by atoms with van der Waals surface area (Å²) in [6.07, 6.45) is 8.09. The molecule has 0 saturated heterocycles. The number of benzene rings is 8. The zero-order chi connectivity index (χ0) is 99.7. The topological polar surface area (TPSA) is 610 Å². The van der Waals surface area contributed by atoms with Crippen LogP contribution in [0.4, 0.5) is 0 Å². The fourth-order valence-corrected chi connectivity index (χ4v) is 15.2. The number of carboxylic acid groups (broad SMARTS) is 1. The van der Waals surface area contributed by atoms with Gasteiger partial charge >= 0.3 is 17.9 Å². The molecule has 734 valence electrons. The van der Waals surface area contributed by atoms with E-state index in [1.54, 1.807) is 47.7 Å². The first-order valence-corrected chi connectivity index (χ1v) is 45.3. The summed E-state index contributed by atoms with van der Waals surface area (Å²) in [4.78, 5) is 170. The van der Waals surface area contributed by atoms with Gasteiger partial charge in [-0.25, -0.2) is 4.79 Å². The minimum atomic E-state index is -1.16. The second kappa shape index (κ2) is 55.1. The average molecular weight is 1910 g/mol. The van der Waals surface area contributed by atoms with E-state index >= 15 is 0 Å². The number of carboxylic acids is 1. The highest BCUT2D eigenvalue weighted by Gasteiger charge is 2.36. The molecule has 8 amide bonds. The zero-order valence-corrected chi connectivity index (χ0v) is 79.4. The molecule has 3 heterocycles. The summed E-state index contributed by atoms with van der Waals surface area (Å²) < 4.78 is 10.9. The molecule has 0 unspecified atom stereocenters. The molecule has 10 atom stereocenters. The van der Waals surface area contributed by atoms with E-state index in [4.69, 9.17) is 61.1 Å². The summed E-state index contributed by atoms with van der Waals surface area (Å²) in [6, 6.07) is 63.5. The van der Waals surface area contributed by atoms with Crippen LogP contribution >= 0.6 is 12.4 Å². The van der Waals surface area contributed by atoms with Crippen molar-refractivity contribution in [3.63, 3.8) is 0 Å². The number of aromatic nitrogens is 3. The second-order valence-corrected chi connectivity index (χ2v) is 35.4. The molecule has 0 radical (unpaired) electrons. The van der Waals surface area contributed by atoms with Gasteiger partial charge in [-0.2, -0.15) is 0 Å². The third kappa shape index (κ3) is 38.4. The van der Waals surface area contributed by atoms with Crippen LogP contribution in [0.15, 0.2) is 253 Å². The van der Waals surface area contributed by atoms with Gasteiger partial charge in [0.25, 0.3) is 0 Å². The summed E-state index contributed by atoms with van der Waals surface area (Å²) in [6.45, 7) is 10.9. The van der Waals surface area contributed by atoms with Gasteiger partial charge in [0.15, 0.2) is 17.7 Å². The number of aliphatic imine (C=N–C) groups is 2. The third-order valence-corrected chi connectivity index (χ3v) is 22.0. The molecular formula is C103H130ClN19O15. The Morgan fingerprint density at radius 3 is 0.870 bits per heavy atom. The quantitative estimate of drug-likeness (QED) is 0.00750. The minimum absolute atomic E-state index is 0. The van der Waals surface area contributed by atoms with Gasteiger partial charge in [-0.15, -0.1) is 12.4 Å². The Balaban J connectivity index is 0.000000266. The number of guanidine groups is 2. The normalized spacial score (nSPS) is 13.2. The van der Waals surface area contributed by atoms with Gasteiger partial charge in [0, 0.05) is 96.0 Å². The fourth-order valence-electron chi connectivity index (χ4n) is 15.2. The molecule has 27 N–H and O–H groups in total. The molecule has 0 bridgehead atoms. The number of H-pyrrole nitrogens is 3. The monoisotopic (exact) mass is 1910 g/mol. The predicted octanol–water partition coefficient (Wildman–Crippen LogP) is 7.75. The number of nitrogens with two attached hydrogens (primary N) is 9. The molecule has 138 heavy (non-hydrogen) atoms. The van der Waals surface area contributed by atoms with E-state index in [0.717, 1.165) is 77.2 Å². The minimum Gasteiger partial charge on any atom is -0.480 e. The number of nitrogens with zero attached hydrogens (tertiary/aromatic N) is 2. The molecular weight excluding hydrogens is 1780 g/mol. The van der Waals surface area contributed by atoms with Crippen molar-refractivity contribution >= 4 is 128 Å². The summed E-state index contributed by atoms with van der Waals surface area (Å²) in [5, 5.41) is 26.0. The molecule has 8 aromatic carbocycles. The van der Waals surface area contributed by atoms with E-state index in [2.05, 4.69) is 51.5 Å². The maximum Gasteiger partial charge on any atom is 0.326 e. The Morgan fingerprint density at radius 2 is 0.587 bits per heavy atom. The van der Waals surface area contributed by atoms with Gasteiger partial charge < -0.3 is 108 Å². The average Bonchev–Trinajstić information content (AvgIpc) is 1.69. The molecule has 34 nitrogen and oxygen atoms in total. The van der Waals surface area contributed by atoms with Gasteiger partial charge in [-0.05, 0) is 162 Å². The van der Waals surface area contributed by atoms with Gasteiger partial charge in [-0.3, -0.25) is 62.7 Å². The van der Waals surface area contributed by atoms with Crippen LogP contribution in [0.2, 0.25) is 0 Å². The summed E-state index contributed by atoms with van der Waals surface area (Å²) in [5.74, 6) is -9.58. The number of aliphatic carboxylic acids is 1. The number of esters is 2. The number of primary amides is 3. The molecule has 0 saturated carbocycles.